The lowest BCUT2D eigenvalue weighted by molar-refractivity contribution is -0.192. The van der Waals surface area contributed by atoms with Crippen molar-refractivity contribution < 1.29 is 29.0 Å². The number of thiophene rings is 1. The molecule has 1 aromatic heterocycles. The molecule has 0 radical (unpaired) electrons. The first-order chi connectivity index (χ1) is 12.3. The number of nitrogens with one attached hydrogen (secondary N) is 1. The lowest BCUT2D eigenvalue weighted by Gasteiger charge is -2.55. The summed E-state index contributed by atoms with van der Waals surface area (Å²) < 4.78 is 5.33. The standard InChI is InChI=1S/C16H16N2O6S2/c1-8(19)10-7-26-15-16(24-2,14(23)18(15)12(10)13(21)22)17-11(20)6-9-4-3-5-25-9/h3-5,15H,6-7H2,1-2H3,(H,17,20)(H,21,22)/t15-,16?/m0/s1. The molecule has 0 aromatic carbocycles. The Morgan fingerprint density at radius 2 is 2.19 bits per heavy atom. The molecule has 26 heavy (non-hydrogen) atoms. The molecule has 1 fully saturated rings. The zero-order valence-corrected chi connectivity index (χ0v) is 15.6. The van der Waals surface area contributed by atoms with E-state index in [1.807, 2.05) is 11.4 Å². The fourth-order valence-corrected chi connectivity index (χ4v) is 5.18. The Labute approximate surface area is 157 Å². The third-order valence-electron chi connectivity index (χ3n) is 4.22. The summed E-state index contributed by atoms with van der Waals surface area (Å²) in [5.41, 5.74) is -1.91. The third kappa shape index (κ3) is 2.83. The minimum atomic E-state index is -1.64. The van der Waals surface area contributed by atoms with E-state index in [2.05, 4.69) is 5.32 Å². The maximum atomic E-state index is 12.7. The smallest absolute Gasteiger partial charge is 0.353 e. The molecule has 3 rings (SSSR count). The zero-order chi connectivity index (χ0) is 19.1. The van der Waals surface area contributed by atoms with Crippen LogP contribution in [0.1, 0.15) is 11.8 Å². The second-order valence-electron chi connectivity index (χ2n) is 5.77. The Morgan fingerprint density at radius 3 is 2.73 bits per heavy atom. The van der Waals surface area contributed by atoms with Crippen LogP contribution in [0.5, 0.6) is 0 Å². The molecule has 2 atom stereocenters. The highest BCUT2D eigenvalue weighted by Crippen LogP contribution is 2.46. The average molecular weight is 396 g/mol. The lowest BCUT2D eigenvalue weighted by Crippen LogP contribution is -2.80. The van der Waals surface area contributed by atoms with Crippen LogP contribution >= 0.6 is 23.1 Å². The molecule has 8 nitrogen and oxygen atoms in total. The summed E-state index contributed by atoms with van der Waals surface area (Å²) in [6.07, 6.45) is 0.0910. The summed E-state index contributed by atoms with van der Waals surface area (Å²) in [6, 6.07) is 3.62. The summed E-state index contributed by atoms with van der Waals surface area (Å²) in [5, 5.41) is 13.2. The Morgan fingerprint density at radius 1 is 1.46 bits per heavy atom. The number of amides is 2. The van der Waals surface area contributed by atoms with Gasteiger partial charge in [0.15, 0.2) is 5.78 Å². The number of carbonyl (C=O) groups is 4. The van der Waals surface area contributed by atoms with E-state index in [4.69, 9.17) is 4.74 Å². The number of nitrogens with zero attached hydrogens (tertiary/aromatic N) is 1. The molecule has 10 heteroatoms. The number of methoxy groups -OCH3 is 1. The number of β-lactam (4-membered cyclic amide) rings is 1. The summed E-state index contributed by atoms with van der Waals surface area (Å²) in [6.45, 7) is 1.26. The van der Waals surface area contributed by atoms with Crippen molar-refractivity contribution in [2.75, 3.05) is 12.9 Å². The second-order valence-corrected chi connectivity index (χ2v) is 7.87. The van der Waals surface area contributed by atoms with Crippen molar-refractivity contribution in [2.45, 2.75) is 24.4 Å². The summed E-state index contributed by atoms with van der Waals surface area (Å²) in [4.78, 5) is 50.2. The van der Waals surface area contributed by atoms with Crippen molar-refractivity contribution in [3.8, 4) is 0 Å². The lowest BCUT2D eigenvalue weighted by atomic mass is 9.97. The normalized spacial score (nSPS) is 24.8. The van der Waals surface area contributed by atoms with Gasteiger partial charge in [-0.2, -0.15) is 0 Å². The van der Waals surface area contributed by atoms with Gasteiger partial charge < -0.3 is 15.2 Å². The number of carboxylic acids is 1. The number of rotatable bonds is 6. The van der Waals surface area contributed by atoms with Crippen LogP contribution in [0.4, 0.5) is 0 Å². The van der Waals surface area contributed by atoms with Gasteiger partial charge in [0.25, 0.3) is 11.6 Å². The van der Waals surface area contributed by atoms with Crippen LogP contribution in [-0.2, 0) is 30.3 Å². The largest absolute Gasteiger partial charge is 0.477 e. The number of thioether (sulfide) groups is 1. The minimum absolute atomic E-state index is 0.0710. The molecule has 0 aliphatic carbocycles. The molecule has 1 unspecified atom stereocenters. The van der Waals surface area contributed by atoms with Gasteiger partial charge in [0.05, 0.1) is 6.42 Å². The Balaban J connectivity index is 1.86. The molecule has 0 saturated carbocycles. The van der Waals surface area contributed by atoms with Crippen LogP contribution in [0, 0.1) is 0 Å². The molecule has 3 heterocycles. The molecule has 138 valence electrons. The van der Waals surface area contributed by atoms with Gasteiger partial charge >= 0.3 is 5.97 Å². The number of hydrogen-bond donors (Lipinski definition) is 2. The van der Waals surface area contributed by atoms with Crippen molar-refractivity contribution in [1.82, 2.24) is 10.2 Å². The first-order valence-electron chi connectivity index (χ1n) is 7.63. The quantitative estimate of drug-likeness (QED) is 0.534. The molecule has 2 aliphatic heterocycles. The molecule has 0 spiro atoms. The number of hydrogen-bond acceptors (Lipinski definition) is 7. The van der Waals surface area contributed by atoms with E-state index in [-0.39, 0.29) is 23.4 Å². The van der Waals surface area contributed by atoms with Crippen LogP contribution in [-0.4, -0.2) is 57.5 Å². The molecule has 2 aliphatic rings. The number of carbonyl (C=O) groups excluding carboxylic acids is 3. The van der Waals surface area contributed by atoms with Crippen molar-refractivity contribution in [2.24, 2.45) is 0 Å². The minimum Gasteiger partial charge on any atom is -0.477 e. The van der Waals surface area contributed by atoms with Gasteiger partial charge in [-0.3, -0.25) is 19.3 Å². The van der Waals surface area contributed by atoms with Crippen LogP contribution in [0.15, 0.2) is 28.8 Å². The van der Waals surface area contributed by atoms with Gasteiger partial charge in [-0.05, 0) is 18.4 Å². The van der Waals surface area contributed by atoms with Crippen LogP contribution in [0.2, 0.25) is 0 Å². The fraction of sp³-hybridized carbons (Fsp3) is 0.375. The topological polar surface area (TPSA) is 113 Å². The monoisotopic (exact) mass is 396 g/mol. The van der Waals surface area contributed by atoms with Crippen LogP contribution < -0.4 is 5.32 Å². The Bertz CT molecular complexity index is 819. The maximum Gasteiger partial charge on any atom is 0.353 e. The summed E-state index contributed by atoms with van der Waals surface area (Å²) in [5.74, 6) is -2.74. The van der Waals surface area contributed by atoms with Crippen molar-refractivity contribution in [3.63, 3.8) is 0 Å². The van der Waals surface area contributed by atoms with E-state index >= 15 is 0 Å². The van der Waals surface area contributed by atoms with Gasteiger partial charge in [0.2, 0.25) is 5.91 Å². The van der Waals surface area contributed by atoms with E-state index < -0.39 is 34.7 Å². The SMILES string of the molecule is COC1(NC(=O)Cc2cccs2)C(=O)N2C(C(=O)O)=C(C(C)=O)CS[C@H]21. The van der Waals surface area contributed by atoms with Gasteiger partial charge in [-0.1, -0.05) is 6.07 Å². The van der Waals surface area contributed by atoms with Crippen LogP contribution in [0.3, 0.4) is 0 Å². The highest BCUT2D eigenvalue weighted by molar-refractivity contribution is 8.00. The zero-order valence-electron chi connectivity index (χ0n) is 14.0. The maximum absolute atomic E-state index is 12.7. The van der Waals surface area contributed by atoms with E-state index in [1.54, 1.807) is 6.07 Å². The summed E-state index contributed by atoms with van der Waals surface area (Å²) in [7, 11) is 1.28. The van der Waals surface area contributed by atoms with E-state index in [1.165, 1.54) is 37.1 Å². The van der Waals surface area contributed by atoms with Gasteiger partial charge in [0.1, 0.15) is 11.1 Å². The second kappa shape index (κ2) is 6.86. The molecule has 1 saturated heterocycles. The van der Waals surface area contributed by atoms with Gasteiger partial charge in [0, 0.05) is 23.3 Å². The van der Waals surface area contributed by atoms with E-state index in [9.17, 15) is 24.3 Å². The predicted molar refractivity (Wildman–Crippen MR) is 94.3 cm³/mol. The Hall–Kier alpha value is -2.17. The first kappa shape index (κ1) is 18.6. The molecular formula is C16H16N2O6S2. The molecule has 2 amide bonds. The number of ketones is 1. The highest BCUT2D eigenvalue weighted by Gasteiger charge is 2.66. The summed E-state index contributed by atoms with van der Waals surface area (Å²) >= 11 is 2.60. The van der Waals surface area contributed by atoms with Crippen molar-refractivity contribution >= 4 is 46.7 Å². The highest BCUT2D eigenvalue weighted by atomic mass is 32.2. The predicted octanol–water partition coefficient (Wildman–Crippen LogP) is 0.592. The van der Waals surface area contributed by atoms with Crippen molar-refractivity contribution in [3.05, 3.63) is 33.7 Å². The molecule has 0 bridgehead atoms. The Kier molecular flexibility index (Phi) is 4.91. The first-order valence-corrected chi connectivity index (χ1v) is 9.56. The van der Waals surface area contributed by atoms with E-state index in [0.717, 1.165) is 9.78 Å². The number of fused-ring (bicyclic) bond motifs is 1. The fourth-order valence-electron chi connectivity index (χ4n) is 2.97. The molecule has 2 N–H and O–H groups in total. The number of aliphatic carboxylic acids is 1. The number of Topliss-reactive ketones (excluding diaryl/α,β-unsaturated/α-hetero) is 1. The molecule has 1 aromatic rings. The number of carboxylic acid groups (broad SMARTS) is 1. The number of ether oxygens (including phenoxy) is 1. The third-order valence-corrected chi connectivity index (χ3v) is 6.41. The van der Waals surface area contributed by atoms with Gasteiger partial charge in [-0.25, -0.2) is 4.79 Å². The van der Waals surface area contributed by atoms with Crippen LogP contribution in [0.25, 0.3) is 0 Å². The van der Waals surface area contributed by atoms with Gasteiger partial charge in [-0.15, -0.1) is 23.1 Å². The average Bonchev–Trinajstić information content (AvgIpc) is 3.10. The van der Waals surface area contributed by atoms with Crippen molar-refractivity contribution in [1.29, 1.82) is 0 Å². The molecular weight excluding hydrogens is 380 g/mol. The van der Waals surface area contributed by atoms with E-state index in [0.29, 0.717) is 0 Å².